The van der Waals surface area contributed by atoms with Crippen LogP contribution in [0.15, 0.2) is 42.6 Å². The van der Waals surface area contributed by atoms with Crippen LogP contribution in [0.2, 0.25) is 0 Å². The molecule has 0 unspecified atom stereocenters. The third kappa shape index (κ3) is 2.37. The molecular weight excluding hydrogens is 304 g/mol. The summed E-state index contributed by atoms with van der Waals surface area (Å²) in [5.41, 5.74) is 9.39. The van der Waals surface area contributed by atoms with Gasteiger partial charge < -0.3 is 5.73 Å². The SMILES string of the molecule is CC(C)Cc1c(-c2cnc3sc(N)nn23)ccc2ccccc12. The minimum Gasteiger partial charge on any atom is -0.374 e. The molecule has 2 aromatic carbocycles. The fraction of sp³-hybridized carbons (Fsp3) is 0.222. The first-order chi connectivity index (χ1) is 11.1. The van der Waals surface area contributed by atoms with E-state index in [4.69, 9.17) is 5.73 Å². The third-order valence-electron chi connectivity index (χ3n) is 4.03. The number of nitrogens with two attached hydrogens (primary N) is 1. The van der Waals surface area contributed by atoms with Crippen molar-refractivity contribution in [2.45, 2.75) is 20.3 Å². The van der Waals surface area contributed by atoms with Crippen molar-refractivity contribution in [3.05, 3.63) is 48.2 Å². The summed E-state index contributed by atoms with van der Waals surface area (Å²) < 4.78 is 1.86. The Morgan fingerprint density at radius 2 is 2.00 bits per heavy atom. The van der Waals surface area contributed by atoms with Crippen LogP contribution < -0.4 is 5.73 Å². The Morgan fingerprint density at radius 1 is 1.17 bits per heavy atom. The summed E-state index contributed by atoms with van der Waals surface area (Å²) in [5.74, 6) is 0.573. The summed E-state index contributed by atoms with van der Waals surface area (Å²) in [5, 5.41) is 7.51. The monoisotopic (exact) mass is 322 g/mol. The van der Waals surface area contributed by atoms with E-state index in [1.54, 1.807) is 0 Å². The number of anilines is 1. The zero-order valence-corrected chi connectivity index (χ0v) is 14.0. The Hall–Kier alpha value is -2.40. The van der Waals surface area contributed by atoms with Gasteiger partial charge in [0, 0.05) is 5.56 Å². The van der Waals surface area contributed by atoms with Gasteiger partial charge >= 0.3 is 0 Å². The predicted molar refractivity (Wildman–Crippen MR) is 96.8 cm³/mol. The van der Waals surface area contributed by atoms with Crippen LogP contribution in [0.25, 0.3) is 27.0 Å². The molecule has 5 heteroatoms. The lowest BCUT2D eigenvalue weighted by molar-refractivity contribution is 0.650. The molecule has 0 atom stereocenters. The number of hydrogen-bond donors (Lipinski definition) is 1. The van der Waals surface area contributed by atoms with Gasteiger partial charge in [-0.2, -0.15) is 0 Å². The van der Waals surface area contributed by atoms with Crippen molar-refractivity contribution in [1.29, 1.82) is 0 Å². The molecule has 0 aliphatic heterocycles. The maximum Gasteiger partial charge on any atom is 0.214 e. The third-order valence-corrected chi connectivity index (χ3v) is 4.78. The number of aromatic nitrogens is 3. The minimum absolute atomic E-state index is 0.542. The molecule has 4 aromatic rings. The zero-order chi connectivity index (χ0) is 16.0. The number of fused-ring (bicyclic) bond motifs is 2. The second-order valence-corrected chi connectivity index (χ2v) is 7.18. The highest BCUT2D eigenvalue weighted by Gasteiger charge is 2.16. The van der Waals surface area contributed by atoms with Gasteiger partial charge in [0.25, 0.3) is 0 Å². The lowest BCUT2D eigenvalue weighted by Gasteiger charge is -2.14. The van der Waals surface area contributed by atoms with Crippen molar-refractivity contribution in [3.8, 4) is 11.3 Å². The smallest absolute Gasteiger partial charge is 0.214 e. The number of rotatable bonds is 3. The van der Waals surface area contributed by atoms with Gasteiger partial charge in [0.1, 0.15) is 0 Å². The molecule has 0 spiro atoms. The van der Waals surface area contributed by atoms with E-state index < -0.39 is 0 Å². The highest BCUT2D eigenvalue weighted by molar-refractivity contribution is 7.20. The number of hydrogen-bond acceptors (Lipinski definition) is 4. The van der Waals surface area contributed by atoms with Crippen LogP contribution in [0.5, 0.6) is 0 Å². The summed E-state index contributed by atoms with van der Waals surface area (Å²) in [6.45, 7) is 4.50. The number of imidazole rings is 1. The van der Waals surface area contributed by atoms with Gasteiger partial charge in [-0.15, -0.1) is 5.10 Å². The molecule has 0 amide bonds. The molecule has 2 N–H and O–H groups in total. The molecule has 23 heavy (non-hydrogen) atoms. The molecule has 0 aliphatic carbocycles. The minimum atomic E-state index is 0.542. The van der Waals surface area contributed by atoms with Crippen LogP contribution in [0, 0.1) is 5.92 Å². The van der Waals surface area contributed by atoms with Crippen LogP contribution in [0.3, 0.4) is 0 Å². The second-order valence-electron chi connectivity index (χ2n) is 6.19. The standard InChI is InChI=1S/C18H18N4S/c1-11(2)9-15-13-6-4-3-5-12(13)7-8-14(15)16-10-20-18-22(16)21-17(19)23-18/h3-8,10-11H,9H2,1-2H3,(H2,19,21). The van der Waals surface area contributed by atoms with Gasteiger partial charge in [-0.25, -0.2) is 9.50 Å². The molecule has 0 saturated carbocycles. The fourth-order valence-corrected chi connectivity index (χ4v) is 3.74. The Bertz CT molecular complexity index is 997. The van der Waals surface area contributed by atoms with E-state index in [0.29, 0.717) is 11.0 Å². The number of nitrogens with zero attached hydrogens (tertiary/aromatic N) is 3. The molecule has 116 valence electrons. The molecule has 2 heterocycles. The highest BCUT2D eigenvalue weighted by Crippen LogP contribution is 2.33. The van der Waals surface area contributed by atoms with Crippen LogP contribution in [-0.2, 0) is 6.42 Å². The summed E-state index contributed by atoms with van der Waals surface area (Å²) in [6.07, 6.45) is 2.91. The Morgan fingerprint density at radius 3 is 2.83 bits per heavy atom. The molecular formula is C18H18N4S. The van der Waals surface area contributed by atoms with Crippen molar-refractivity contribution < 1.29 is 0 Å². The zero-order valence-electron chi connectivity index (χ0n) is 13.2. The van der Waals surface area contributed by atoms with Gasteiger partial charge in [-0.3, -0.25) is 0 Å². The topological polar surface area (TPSA) is 56.2 Å². The number of benzene rings is 2. The van der Waals surface area contributed by atoms with E-state index >= 15 is 0 Å². The first-order valence-electron chi connectivity index (χ1n) is 7.74. The summed E-state index contributed by atoms with van der Waals surface area (Å²) in [4.78, 5) is 5.29. The number of nitrogen functional groups attached to an aromatic ring is 1. The van der Waals surface area contributed by atoms with Gasteiger partial charge in [0.15, 0.2) is 0 Å². The van der Waals surface area contributed by atoms with Crippen molar-refractivity contribution >= 4 is 32.2 Å². The summed E-state index contributed by atoms with van der Waals surface area (Å²) >= 11 is 1.41. The lowest BCUT2D eigenvalue weighted by Crippen LogP contribution is -2.00. The van der Waals surface area contributed by atoms with Crippen molar-refractivity contribution in [2.75, 3.05) is 5.73 Å². The van der Waals surface area contributed by atoms with E-state index in [9.17, 15) is 0 Å². The van der Waals surface area contributed by atoms with Crippen LogP contribution in [-0.4, -0.2) is 14.6 Å². The van der Waals surface area contributed by atoms with Gasteiger partial charge in [0.2, 0.25) is 10.1 Å². The van der Waals surface area contributed by atoms with E-state index in [2.05, 4.69) is 60.3 Å². The maximum atomic E-state index is 5.84. The van der Waals surface area contributed by atoms with Crippen LogP contribution in [0.1, 0.15) is 19.4 Å². The highest BCUT2D eigenvalue weighted by atomic mass is 32.1. The molecule has 0 fully saturated rings. The van der Waals surface area contributed by atoms with Gasteiger partial charge in [-0.05, 0) is 28.7 Å². The van der Waals surface area contributed by atoms with Crippen molar-refractivity contribution in [3.63, 3.8) is 0 Å². The average Bonchev–Trinajstić information content (AvgIpc) is 3.06. The first kappa shape index (κ1) is 14.2. The average molecular weight is 322 g/mol. The molecule has 0 saturated heterocycles. The van der Waals surface area contributed by atoms with Crippen LogP contribution in [0.4, 0.5) is 5.13 Å². The Kier molecular flexibility index (Phi) is 3.31. The lowest BCUT2D eigenvalue weighted by atomic mass is 9.91. The van der Waals surface area contributed by atoms with Crippen molar-refractivity contribution in [2.24, 2.45) is 5.92 Å². The van der Waals surface area contributed by atoms with E-state index in [0.717, 1.165) is 17.1 Å². The fourth-order valence-electron chi connectivity index (χ4n) is 3.10. The van der Waals surface area contributed by atoms with Crippen LogP contribution >= 0.6 is 11.3 Å². The Balaban J connectivity index is 2.02. The van der Waals surface area contributed by atoms with Gasteiger partial charge in [-0.1, -0.05) is 61.6 Å². The predicted octanol–water partition coefficient (Wildman–Crippen LogP) is 4.39. The largest absolute Gasteiger partial charge is 0.374 e. The maximum absolute atomic E-state index is 5.84. The molecule has 0 aliphatic rings. The van der Waals surface area contributed by atoms with E-state index in [1.807, 2.05) is 10.7 Å². The van der Waals surface area contributed by atoms with Gasteiger partial charge in [0.05, 0.1) is 11.9 Å². The summed E-state index contributed by atoms with van der Waals surface area (Å²) in [7, 11) is 0. The summed E-state index contributed by atoms with van der Waals surface area (Å²) in [6, 6.07) is 12.9. The van der Waals surface area contributed by atoms with E-state index in [1.165, 1.54) is 33.2 Å². The molecule has 0 bridgehead atoms. The first-order valence-corrected chi connectivity index (χ1v) is 8.56. The Labute approximate surface area is 138 Å². The molecule has 0 radical (unpaired) electrons. The normalized spacial score (nSPS) is 11.8. The molecule has 4 nitrogen and oxygen atoms in total. The van der Waals surface area contributed by atoms with E-state index in [-0.39, 0.29) is 0 Å². The second kappa shape index (κ2) is 5.35. The quantitative estimate of drug-likeness (QED) is 0.608. The molecule has 2 aromatic heterocycles. The molecule has 4 rings (SSSR count). The van der Waals surface area contributed by atoms with Crippen molar-refractivity contribution in [1.82, 2.24) is 14.6 Å².